The summed E-state index contributed by atoms with van der Waals surface area (Å²) in [5.74, 6) is -0.220. The van der Waals surface area contributed by atoms with Crippen LogP contribution in [0, 0.1) is 6.92 Å². The average molecular weight is 389 g/mol. The van der Waals surface area contributed by atoms with E-state index in [0.717, 1.165) is 17.7 Å². The summed E-state index contributed by atoms with van der Waals surface area (Å²) >= 11 is 0. The Morgan fingerprint density at radius 1 is 1.30 bits per heavy atom. The highest BCUT2D eigenvalue weighted by Gasteiger charge is 2.33. The Kier molecular flexibility index (Phi) is 5.81. The molecular weight excluding hydrogens is 366 g/mol. The normalized spacial score (nSPS) is 17.9. The molecule has 8 nitrogen and oxygen atoms in total. The van der Waals surface area contributed by atoms with E-state index in [1.165, 1.54) is 16.8 Å². The zero-order valence-corrected chi connectivity index (χ0v) is 16.3. The number of likely N-dealkylation sites (tertiary alicyclic amines) is 1. The van der Waals surface area contributed by atoms with Gasteiger partial charge >= 0.3 is 0 Å². The second-order valence-corrected chi connectivity index (χ2v) is 8.69. The van der Waals surface area contributed by atoms with Gasteiger partial charge in [-0.1, -0.05) is 6.07 Å². The summed E-state index contributed by atoms with van der Waals surface area (Å²) in [6.07, 6.45) is 8.97. The second-order valence-electron chi connectivity index (χ2n) is 6.76. The molecule has 1 aliphatic rings. The molecule has 0 saturated carbocycles. The summed E-state index contributed by atoms with van der Waals surface area (Å²) < 4.78 is 26.3. The van der Waals surface area contributed by atoms with Crippen molar-refractivity contribution in [2.24, 2.45) is 0 Å². The van der Waals surface area contributed by atoms with E-state index in [9.17, 15) is 13.2 Å². The van der Waals surface area contributed by atoms with Gasteiger partial charge in [0.1, 0.15) is 5.69 Å². The van der Waals surface area contributed by atoms with Gasteiger partial charge in [0.15, 0.2) is 0 Å². The van der Waals surface area contributed by atoms with Crippen LogP contribution < -0.4 is 0 Å². The molecule has 3 heterocycles. The maximum absolute atomic E-state index is 12.7. The predicted molar refractivity (Wildman–Crippen MR) is 100 cm³/mol. The smallest absolute Gasteiger partial charge is 0.274 e. The Balaban J connectivity index is 1.77. The third kappa shape index (κ3) is 4.86. The first-order chi connectivity index (χ1) is 12.8. The molecular formula is C18H23N5O3S. The number of carbonyl (C=O) groups is 1. The average Bonchev–Trinajstić information content (AvgIpc) is 2.66. The Morgan fingerprint density at radius 3 is 2.74 bits per heavy atom. The van der Waals surface area contributed by atoms with E-state index in [2.05, 4.69) is 15.0 Å². The minimum absolute atomic E-state index is 0.220. The number of carbonyl (C=O) groups excluding carboxylic acids is 1. The molecule has 0 radical (unpaired) electrons. The maximum Gasteiger partial charge on any atom is 0.274 e. The van der Waals surface area contributed by atoms with Gasteiger partial charge in [-0.3, -0.25) is 14.8 Å². The number of amides is 1. The Bertz CT molecular complexity index is 887. The molecule has 27 heavy (non-hydrogen) atoms. The minimum Gasteiger partial charge on any atom is -0.336 e. The molecule has 0 bridgehead atoms. The van der Waals surface area contributed by atoms with Crippen LogP contribution in [0.15, 0.2) is 36.9 Å². The van der Waals surface area contributed by atoms with Crippen molar-refractivity contribution in [1.29, 1.82) is 0 Å². The van der Waals surface area contributed by atoms with Gasteiger partial charge in [0.05, 0.1) is 18.1 Å². The Morgan fingerprint density at radius 2 is 2.11 bits per heavy atom. The zero-order valence-electron chi connectivity index (χ0n) is 15.4. The first-order valence-electron chi connectivity index (χ1n) is 8.78. The quantitative estimate of drug-likeness (QED) is 0.763. The second kappa shape index (κ2) is 8.10. The first-order valence-corrected chi connectivity index (χ1v) is 10.6. The first kappa shape index (κ1) is 19.4. The summed E-state index contributed by atoms with van der Waals surface area (Å²) in [6.45, 7) is 2.96. The topological polar surface area (TPSA) is 96.4 Å². The van der Waals surface area contributed by atoms with Gasteiger partial charge in [0, 0.05) is 44.3 Å². The number of rotatable bonds is 5. The van der Waals surface area contributed by atoms with Crippen molar-refractivity contribution in [2.45, 2.75) is 32.4 Å². The van der Waals surface area contributed by atoms with Crippen LogP contribution in [-0.2, 0) is 16.6 Å². The van der Waals surface area contributed by atoms with Gasteiger partial charge in [0.2, 0.25) is 10.0 Å². The highest BCUT2D eigenvalue weighted by molar-refractivity contribution is 7.88. The summed E-state index contributed by atoms with van der Waals surface area (Å²) in [5.41, 5.74) is 1.83. The summed E-state index contributed by atoms with van der Waals surface area (Å²) in [4.78, 5) is 26.7. The molecule has 2 aromatic rings. The van der Waals surface area contributed by atoms with Crippen molar-refractivity contribution in [3.63, 3.8) is 0 Å². The zero-order chi connectivity index (χ0) is 19.4. The number of hydrogen-bond donors (Lipinski definition) is 0. The van der Waals surface area contributed by atoms with Crippen molar-refractivity contribution < 1.29 is 13.2 Å². The SMILES string of the molecule is Cc1cnc(C(=O)N2CCCC(N(Cc3cccnc3)S(C)(=O)=O)C2)cn1. The molecule has 1 saturated heterocycles. The lowest BCUT2D eigenvalue weighted by molar-refractivity contribution is 0.0644. The van der Waals surface area contributed by atoms with Crippen LogP contribution in [0.4, 0.5) is 0 Å². The molecule has 1 unspecified atom stereocenters. The molecule has 1 aliphatic heterocycles. The molecule has 2 aromatic heterocycles. The van der Waals surface area contributed by atoms with E-state index < -0.39 is 10.0 Å². The van der Waals surface area contributed by atoms with Crippen molar-refractivity contribution in [3.8, 4) is 0 Å². The van der Waals surface area contributed by atoms with Crippen LogP contribution in [0.25, 0.3) is 0 Å². The molecule has 0 aromatic carbocycles. The highest BCUT2D eigenvalue weighted by Crippen LogP contribution is 2.22. The van der Waals surface area contributed by atoms with E-state index in [-0.39, 0.29) is 24.2 Å². The number of sulfonamides is 1. The number of aromatic nitrogens is 3. The predicted octanol–water partition coefficient (Wildman–Crippen LogP) is 1.25. The number of nitrogens with zero attached hydrogens (tertiary/aromatic N) is 5. The Hall–Kier alpha value is -2.39. The molecule has 0 spiro atoms. The monoisotopic (exact) mass is 389 g/mol. The lowest BCUT2D eigenvalue weighted by Gasteiger charge is -2.38. The van der Waals surface area contributed by atoms with Gasteiger partial charge in [0.25, 0.3) is 5.91 Å². The van der Waals surface area contributed by atoms with Crippen LogP contribution in [0.1, 0.15) is 34.6 Å². The van der Waals surface area contributed by atoms with Crippen molar-refractivity contribution >= 4 is 15.9 Å². The van der Waals surface area contributed by atoms with Crippen LogP contribution >= 0.6 is 0 Å². The fraction of sp³-hybridized carbons (Fsp3) is 0.444. The maximum atomic E-state index is 12.7. The number of aryl methyl sites for hydroxylation is 1. The van der Waals surface area contributed by atoms with Gasteiger partial charge in [-0.05, 0) is 31.4 Å². The van der Waals surface area contributed by atoms with E-state index in [4.69, 9.17) is 0 Å². The Labute approximate surface area is 159 Å². The molecule has 144 valence electrons. The van der Waals surface area contributed by atoms with Crippen LogP contribution in [0.5, 0.6) is 0 Å². The number of piperidine rings is 1. The van der Waals surface area contributed by atoms with Crippen LogP contribution in [0.3, 0.4) is 0 Å². The van der Waals surface area contributed by atoms with Crippen LogP contribution in [-0.4, -0.2) is 63.9 Å². The minimum atomic E-state index is -3.44. The van der Waals surface area contributed by atoms with E-state index >= 15 is 0 Å². The summed E-state index contributed by atoms with van der Waals surface area (Å²) in [6, 6.07) is 3.35. The van der Waals surface area contributed by atoms with Crippen LogP contribution in [0.2, 0.25) is 0 Å². The third-order valence-electron chi connectivity index (χ3n) is 4.58. The van der Waals surface area contributed by atoms with Gasteiger partial charge in [-0.25, -0.2) is 13.4 Å². The van der Waals surface area contributed by atoms with Crippen molar-refractivity contribution in [2.75, 3.05) is 19.3 Å². The fourth-order valence-electron chi connectivity index (χ4n) is 3.23. The standard InChI is InChI=1S/C18H23N5O3S/c1-14-9-21-17(11-20-14)18(24)22-8-4-6-16(13-22)23(27(2,25)26)12-15-5-3-7-19-10-15/h3,5,7,9-11,16H,4,6,8,12-13H2,1-2H3. The largest absolute Gasteiger partial charge is 0.336 e. The molecule has 0 aliphatic carbocycles. The van der Waals surface area contributed by atoms with E-state index in [0.29, 0.717) is 19.5 Å². The van der Waals surface area contributed by atoms with Gasteiger partial charge < -0.3 is 4.90 Å². The molecule has 9 heteroatoms. The van der Waals surface area contributed by atoms with Crippen molar-refractivity contribution in [1.82, 2.24) is 24.2 Å². The molecule has 1 atom stereocenters. The summed E-state index contributed by atoms with van der Waals surface area (Å²) in [5, 5.41) is 0. The highest BCUT2D eigenvalue weighted by atomic mass is 32.2. The third-order valence-corrected chi connectivity index (χ3v) is 5.86. The summed E-state index contributed by atoms with van der Waals surface area (Å²) in [7, 11) is -3.44. The van der Waals surface area contributed by atoms with Gasteiger partial charge in [-0.15, -0.1) is 0 Å². The van der Waals surface area contributed by atoms with Gasteiger partial charge in [-0.2, -0.15) is 4.31 Å². The fourth-order valence-corrected chi connectivity index (χ4v) is 4.33. The molecule has 0 N–H and O–H groups in total. The molecule has 1 amide bonds. The molecule has 3 rings (SSSR count). The van der Waals surface area contributed by atoms with E-state index in [1.54, 1.807) is 36.5 Å². The lowest BCUT2D eigenvalue weighted by atomic mass is 10.0. The van der Waals surface area contributed by atoms with E-state index in [1.807, 2.05) is 6.07 Å². The lowest BCUT2D eigenvalue weighted by Crippen LogP contribution is -2.51. The number of pyridine rings is 1. The van der Waals surface area contributed by atoms with Crippen molar-refractivity contribution in [3.05, 3.63) is 53.9 Å². The molecule has 1 fully saturated rings. The number of hydrogen-bond acceptors (Lipinski definition) is 6.